The number of nitrogens with zero attached hydrogens (tertiary/aromatic N) is 3. The van der Waals surface area contributed by atoms with E-state index in [1.54, 1.807) is 18.4 Å². The third-order valence-electron chi connectivity index (χ3n) is 4.31. The number of hydrogen-bond acceptors (Lipinski definition) is 5. The number of nitrogens with one attached hydrogen (secondary N) is 1. The van der Waals surface area contributed by atoms with Crippen molar-refractivity contribution in [2.24, 2.45) is 10.9 Å². The van der Waals surface area contributed by atoms with Crippen LogP contribution in [0, 0.1) is 19.8 Å². The van der Waals surface area contributed by atoms with E-state index >= 15 is 0 Å². The summed E-state index contributed by atoms with van der Waals surface area (Å²) in [7, 11) is 1.70. The van der Waals surface area contributed by atoms with Crippen molar-refractivity contribution < 1.29 is 9.47 Å². The van der Waals surface area contributed by atoms with E-state index in [1.807, 2.05) is 0 Å². The molecule has 150 valence electrons. The zero-order valence-corrected chi connectivity index (χ0v) is 19.6. The van der Waals surface area contributed by atoms with Crippen LogP contribution < -0.4 is 5.32 Å². The van der Waals surface area contributed by atoms with Gasteiger partial charge in [-0.05, 0) is 27.2 Å². The van der Waals surface area contributed by atoms with Crippen LogP contribution in [0.25, 0.3) is 0 Å². The molecule has 8 heteroatoms. The smallest absolute Gasteiger partial charge is 0.193 e. The standard InChI is InChI=1S/C18H32N4O2S.HI/c1-5-19-18(20-8-6-17-14(2)21-15(3)25-17)22-9-7-16(12-22)13-24-11-10-23-4;/h16H,5-13H2,1-4H3,(H,19,20);1H. The molecule has 2 rings (SSSR count). The second-order valence-electron chi connectivity index (χ2n) is 6.40. The van der Waals surface area contributed by atoms with E-state index in [-0.39, 0.29) is 24.0 Å². The Balaban J connectivity index is 0.00000338. The zero-order valence-electron chi connectivity index (χ0n) is 16.4. The first-order valence-electron chi connectivity index (χ1n) is 9.16. The number of halogens is 1. The summed E-state index contributed by atoms with van der Waals surface area (Å²) in [5.41, 5.74) is 1.15. The van der Waals surface area contributed by atoms with Crippen molar-refractivity contribution >= 4 is 41.3 Å². The molecule has 2 heterocycles. The fourth-order valence-corrected chi connectivity index (χ4v) is 3.97. The number of aliphatic imine (C=N–C) groups is 1. The van der Waals surface area contributed by atoms with E-state index in [9.17, 15) is 0 Å². The first-order valence-corrected chi connectivity index (χ1v) is 9.98. The zero-order chi connectivity index (χ0) is 18.1. The van der Waals surface area contributed by atoms with Crippen LogP contribution in [0.2, 0.25) is 0 Å². The summed E-state index contributed by atoms with van der Waals surface area (Å²) in [5.74, 6) is 1.60. The molecular weight excluding hydrogens is 463 g/mol. The van der Waals surface area contributed by atoms with E-state index in [0.29, 0.717) is 19.1 Å². The van der Waals surface area contributed by atoms with Gasteiger partial charge >= 0.3 is 0 Å². The average molecular weight is 496 g/mol. The molecule has 1 aliphatic rings. The number of hydrogen-bond donors (Lipinski definition) is 1. The lowest BCUT2D eigenvalue weighted by Crippen LogP contribution is -2.40. The van der Waals surface area contributed by atoms with Crippen molar-refractivity contribution in [3.8, 4) is 0 Å². The maximum atomic E-state index is 5.68. The van der Waals surface area contributed by atoms with Gasteiger partial charge in [0.25, 0.3) is 0 Å². The van der Waals surface area contributed by atoms with Gasteiger partial charge in [0, 0.05) is 50.5 Å². The highest BCUT2D eigenvalue weighted by Gasteiger charge is 2.24. The maximum absolute atomic E-state index is 5.68. The van der Waals surface area contributed by atoms with E-state index in [4.69, 9.17) is 14.5 Å². The van der Waals surface area contributed by atoms with Crippen molar-refractivity contribution in [1.82, 2.24) is 15.2 Å². The highest BCUT2D eigenvalue weighted by Crippen LogP contribution is 2.19. The molecule has 1 atom stereocenters. The van der Waals surface area contributed by atoms with Crippen LogP contribution in [-0.4, -0.2) is 69.0 Å². The van der Waals surface area contributed by atoms with Gasteiger partial charge in [0.1, 0.15) is 0 Å². The highest BCUT2D eigenvalue weighted by molar-refractivity contribution is 14.0. The van der Waals surface area contributed by atoms with Gasteiger partial charge in [-0.25, -0.2) is 4.98 Å². The summed E-state index contributed by atoms with van der Waals surface area (Å²) in [4.78, 5) is 13.0. The SMILES string of the molecule is CCNC(=NCCc1sc(C)nc1C)N1CCC(COCCOC)C1.I. The number of aromatic nitrogens is 1. The molecule has 26 heavy (non-hydrogen) atoms. The summed E-state index contributed by atoms with van der Waals surface area (Å²) in [6.07, 6.45) is 2.12. The molecule has 0 amide bonds. The van der Waals surface area contributed by atoms with Gasteiger partial charge in [-0.3, -0.25) is 4.99 Å². The molecule has 0 spiro atoms. The van der Waals surface area contributed by atoms with Gasteiger partial charge in [0.2, 0.25) is 0 Å². The van der Waals surface area contributed by atoms with Crippen molar-refractivity contribution in [3.63, 3.8) is 0 Å². The van der Waals surface area contributed by atoms with Crippen molar-refractivity contribution in [2.45, 2.75) is 33.6 Å². The predicted octanol–water partition coefficient (Wildman–Crippen LogP) is 2.87. The van der Waals surface area contributed by atoms with Crippen molar-refractivity contribution in [3.05, 3.63) is 15.6 Å². The molecule has 1 aromatic heterocycles. The lowest BCUT2D eigenvalue weighted by Gasteiger charge is -2.21. The van der Waals surface area contributed by atoms with E-state index in [0.717, 1.165) is 62.3 Å². The number of likely N-dealkylation sites (tertiary alicyclic amines) is 1. The van der Waals surface area contributed by atoms with Gasteiger partial charge < -0.3 is 19.7 Å². The van der Waals surface area contributed by atoms with Gasteiger partial charge in [0.15, 0.2) is 5.96 Å². The van der Waals surface area contributed by atoms with Gasteiger partial charge in [-0.2, -0.15) is 0 Å². The Morgan fingerprint density at radius 2 is 2.19 bits per heavy atom. The third kappa shape index (κ3) is 7.66. The molecule has 6 nitrogen and oxygen atoms in total. The van der Waals surface area contributed by atoms with Crippen LogP contribution in [0.15, 0.2) is 4.99 Å². The number of thiazole rings is 1. The second kappa shape index (κ2) is 12.9. The first kappa shape index (κ1) is 23.6. The van der Waals surface area contributed by atoms with Crippen LogP contribution in [0.1, 0.15) is 28.9 Å². The van der Waals surface area contributed by atoms with Gasteiger partial charge in [-0.15, -0.1) is 35.3 Å². The number of aryl methyl sites for hydroxylation is 2. The van der Waals surface area contributed by atoms with Gasteiger partial charge in [-0.1, -0.05) is 0 Å². The predicted molar refractivity (Wildman–Crippen MR) is 119 cm³/mol. The fourth-order valence-electron chi connectivity index (χ4n) is 3.05. The molecule has 0 saturated carbocycles. The molecule has 1 aliphatic heterocycles. The van der Waals surface area contributed by atoms with Crippen molar-refractivity contribution in [1.29, 1.82) is 0 Å². The number of rotatable bonds is 9. The minimum atomic E-state index is 0. The largest absolute Gasteiger partial charge is 0.382 e. The Bertz CT molecular complexity index is 553. The molecule has 0 bridgehead atoms. The third-order valence-corrected chi connectivity index (χ3v) is 5.44. The van der Waals surface area contributed by atoms with Gasteiger partial charge in [0.05, 0.1) is 30.5 Å². The highest BCUT2D eigenvalue weighted by atomic mass is 127. The first-order chi connectivity index (χ1) is 12.1. The summed E-state index contributed by atoms with van der Waals surface area (Å²) < 4.78 is 10.7. The summed E-state index contributed by atoms with van der Waals surface area (Å²) in [6.45, 7) is 12.2. The lowest BCUT2D eigenvalue weighted by atomic mass is 10.1. The summed E-state index contributed by atoms with van der Waals surface area (Å²) >= 11 is 1.78. The fraction of sp³-hybridized carbons (Fsp3) is 0.778. The number of ether oxygens (including phenoxy) is 2. The molecular formula is C18H33IN4O2S. The summed E-state index contributed by atoms with van der Waals surface area (Å²) in [6, 6.07) is 0. The molecule has 1 unspecified atom stereocenters. The quantitative estimate of drug-likeness (QED) is 0.247. The topological polar surface area (TPSA) is 59.0 Å². The van der Waals surface area contributed by atoms with Crippen LogP contribution >= 0.6 is 35.3 Å². The Hall–Kier alpha value is -0.450. The monoisotopic (exact) mass is 496 g/mol. The van der Waals surface area contributed by atoms with E-state index < -0.39 is 0 Å². The Morgan fingerprint density at radius 1 is 1.38 bits per heavy atom. The molecule has 1 aromatic rings. The molecule has 1 N–H and O–H groups in total. The number of guanidine groups is 1. The molecule has 0 aromatic carbocycles. The molecule has 0 radical (unpaired) electrons. The minimum absolute atomic E-state index is 0. The number of methoxy groups -OCH3 is 1. The second-order valence-corrected chi connectivity index (χ2v) is 7.68. The lowest BCUT2D eigenvalue weighted by molar-refractivity contribution is 0.0536. The Morgan fingerprint density at radius 3 is 2.85 bits per heavy atom. The summed E-state index contributed by atoms with van der Waals surface area (Å²) in [5, 5.41) is 4.57. The van der Waals surface area contributed by atoms with Crippen molar-refractivity contribution in [2.75, 3.05) is 53.1 Å². The van der Waals surface area contributed by atoms with E-state index in [1.165, 1.54) is 4.88 Å². The normalized spacial score (nSPS) is 17.5. The Kier molecular flexibility index (Phi) is 11.7. The Labute approximate surface area is 178 Å². The average Bonchev–Trinajstić information content (AvgIpc) is 3.17. The molecule has 1 fully saturated rings. The maximum Gasteiger partial charge on any atom is 0.193 e. The van der Waals surface area contributed by atoms with E-state index in [2.05, 4.69) is 36.0 Å². The van der Waals surface area contributed by atoms with Crippen LogP contribution in [0.5, 0.6) is 0 Å². The van der Waals surface area contributed by atoms with Crippen LogP contribution in [0.3, 0.4) is 0 Å². The minimum Gasteiger partial charge on any atom is -0.382 e. The van der Waals surface area contributed by atoms with Crippen LogP contribution in [0.4, 0.5) is 0 Å². The molecule has 1 saturated heterocycles. The molecule has 0 aliphatic carbocycles. The van der Waals surface area contributed by atoms with Crippen LogP contribution in [-0.2, 0) is 15.9 Å².